The predicted octanol–water partition coefficient (Wildman–Crippen LogP) is 2.85. The largest absolute Gasteiger partial charge is 0.398 e. The van der Waals surface area contributed by atoms with Gasteiger partial charge in [-0.3, -0.25) is 9.78 Å². The zero-order valence-corrected chi connectivity index (χ0v) is 10.6. The van der Waals surface area contributed by atoms with Gasteiger partial charge in [0.05, 0.1) is 0 Å². The van der Waals surface area contributed by atoms with E-state index < -0.39 is 0 Å². The lowest BCUT2D eigenvalue weighted by atomic mass is 10.0. The van der Waals surface area contributed by atoms with Crippen molar-refractivity contribution in [3.8, 4) is 0 Å². The molecule has 0 saturated carbocycles. The predicted molar refractivity (Wildman–Crippen MR) is 70.8 cm³/mol. The Morgan fingerprint density at radius 1 is 1.29 bits per heavy atom. The van der Waals surface area contributed by atoms with Crippen LogP contribution in [0.15, 0.2) is 47.2 Å². The van der Waals surface area contributed by atoms with Crippen LogP contribution in [0.5, 0.6) is 0 Å². The topological polar surface area (TPSA) is 56.0 Å². The lowest BCUT2D eigenvalue weighted by molar-refractivity contribution is 0.0993. The minimum Gasteiger partial charge on any atom is -0.398 e. The maximum atomic E-state index is 12.0. The van der Waals surface area contributed by atoms with Gasteiger partial charge in [-0.1, -0.05) is 12.1 Å². The molecular formula is C13H11BrN2O. The summed E-state index contributed by atoms with van der Waals surface area (Å²) in [6.07, 6.45) is 3.67. The van der Waals surface area contributed by atoms with Crippen LogP contribution in [0.2, 0.25) is 0 Å². The number of ketones is 1. The van der Waals surface area contributed by atoms with Crippen molar-refractivity contribution in [1.82, 2.24) is 4.98 Å². The van der Waals surface area contributed by atoms with Crippen LogP contribution in [-0.2, 0) is 6.42 Å². The number of pyridine rings is 1. The van der Waals surface area contributed by atoms with E-state index in [9.17, 15) is 4.79 Å². The van der Waals surface area contributed by atoms with Crippen molar-refractivity contribution in [1.29, 1.82) is 0 Å². The molecule has 2 rings (SSSR count). The zero-order chi connectivity index (χ0) is 12.3. The molecule has 0 radical (unpaired) electrons. The van der Waals surface area contributed by atoms with Crippen LogP contribution in [0.3, 0.4) is 0 Å². The van der Waals surface area contributed by atoms with E-state index in [-0.39, 0.29) is 5.78 Å². The van der Waals surface area contributed by atoms with Crippen molar-refractivity contribution in [2.24, 2.45) is 0 Å². The van der Waals surface area contributed by atoms with Crippen molar-refractivity contribution in [3.05, 3.63) is 58.3 Å². The first-order valence-corrected chi connectivity index (χ1v) is 5.93. The minimum absolute atomic E-state index is 0.00278. The summed E-state index contributed by atoms with van der Waals surface area (Å²) < 4.78 is 0.865. The molecule has 0 fully saturated rings. The number of nitrogens with two attached hydrogens (primary N) is 1. The monoisotopic (exact) mass is 290 g/mol. The summed E-state index contributed by atoms with van der Waals surface area (Å²) in [7, 11) is 0. The highest BCUT2D eigenvalue weighted by Gasteiger charge is 2.10. The number of hydrogen-bond donors (Lipinski definition) is 1. The molecule has 2 aromatic rings. The summed E-state index contributed by atoms with van der Waals surface area (Å²) in [4.78, 5) is 16.0. The van der Waals surface area contributed by atoms with Crippen LogP contribution >= 0.6 is 15.9 Å². The summed E-state index contributed by atoms with van der Waals surface area (Å²) in [5, 5.41) is 0. The molecule has 2 N–H and O–H groups in total. The molecule has 0 aliphatic carbocycles. The second-order valence-corrected chi connectivity index (χ2v) is 4.61. The minimum atomic E-state index is 0.00278. The second kappa shape index (κ2) is 5.10. The number of halogens is 1. The molecule has 1 aromatic carbocycles. The molecule has 1 heterocycles. The molecule has 0 atom stereocenters. The number of nitrogen functional groups attached to an aromatic ring is 1. The van der Waals surface area contributed by atoms with Crippen LogP contribution in [0.25, 0.3) is 0 Å². The second-order valence-electron chi connectivity index (χ2n) is 3.70. The molecule has 1 aromatic heterocycles. The molecule has 17 heavy (non-hydrogen) atoms. The first-order valence-electron chi connectivity index (χ1n) is 5.14. The van der Waals surface area contributed by atoms with Gasteiger partial charge in [-0.2, -0.15) is 0 Å². The molecule has 0 unspecified atom stereocenters. The number of carbonyl (C=O) groups excluding carboxylic acids is 1. The first-order chi connectivity index (χ1) is 8.16. The number of benzene rings is 1. The van der Waals surface area contributed by atoms with E-state index in [0.29, 0.717) is 17.7 Å². The van der Waals surface area contributed by atoms with Crippen molar-refractivity contribution in [2.75, 3.05) is 5.73 Å². The highest BCUT2D eigenvalue weighted by molar-refractivity contribution is 9.10. The van der Waals surface area contributed by atoms with E-state index in [4.69, 9.17) is 5.73 Å². The number of hydrogen-bond acceptors (Lipinski definition) is 3. The van der Waals surface area contributed by atoms with E-state index in [1.807, 2.05) is 18.2 Å². The highest BCUT2D eigenvalue weighted by atomic mass is 79.9. The molecule has 0 saturated heterocycles. The standard InChI is InChI=1S/C13H11BrN2O/c14-10-5-9(7-16-8-10)6-13(17)11-3-1-2-4-12(11)15/h1-5,7-8H,6,15H2. The summed E-state index contributed by atoms with van der Waals surface area (Å²) in [6, 6.07) is 8.97. The van der Waals surface area contributed by atoms with Gasteiger partial charge in [-0.25, -0.2) is 0 Å². The summed E-state index contributed by atoms with van der Waals surface area (Å²) in [5.41, 5.74) is 7.70. The van der Waals surface area contributed by atoms with Crippen molar-refractivity contribution >= 4 is 27.4 Å². The Kier molecular flexibility index (Phi) is 3.54. The van der Waals surface area contributed by atoms with E-state index in [0.717, 1.165) is 10.0 Å². The molecule has 0 bridgehead atoms. The normalized spacial score (nSPS) is 10.2. The van der Waals surface area contributed by atoms with Gasteiger partial charge in [0.15, 0.2) is 5.78 Å². The van der Waals surface area contributed by atoms with Gasteiger partial charge in [0.2, 0.25) is 0 Å². The van der Waals surface area contributed by atoms with E-state index in [2.05, 4.69) is 20.9 Å². The van der Waals surface area contributed by atoms with Crippen LogP contribution in [-0.4, -0.2) is 10.8 Å². The summed E-state index contributed by atoms with van der Waals surface area (Å²) in [6.45, 7) is 0. The fourth-order valence-electron chi connectivity index (χ4n) is 1.58. The van der Waals surface area contributed by atoms with Crippen LogP contribution < -0.4 is 5.73 Å². The van der Waals surface area contributed by atoms with Crippen molar-refractivity contribution < 1.29 is 4.79 Å². The zero-order valence-electron chi connectivity index (χ0n) is 9.06. The van der Waals surface area contributed by atoms with Gasteiger partial charge < -0.3 is 5.73 Å². The molecule has 86 valence electrons. The Labute approximate surface area is 108 Å². The van der Waals surface area contributed by atoms with Gasteiger partial charge in [0, 0.05) is 34.5 Å². The molecule has 0 amide bonds. The highest BCUT2D eigenvalue weighted by Crippen LogP contribution is 2.15. The molecule has 0 aliphatic heterocycles. The van der Waals surface area contributed by atoms with Gasteiger partial charge in [-0.05, 0) is 39.7 Å². The van der Waals surface area contributed by atoms with E-state index in [1.54, 1.807) is 24.5 Å². The Bertz CT molecular complexity index is 555. The van der Waals surface area contributed by atoms with E-state index in [1.165, 1.54) is 0 Å². The van der Waals surface area contributed by atoms with E-state index >= 15 is 0 Å². The average Bonchev–Trinajstić information content (AvgIpc) is 2.29. The Balaban J connectivity index is 2.20. The number of Topliss-reactive ketones (excluding diaryl/α,β-unsaturated/α-hetero) is 1. The maximum absolute atomic E-state index is 12.0. The smallest absolute Gasteiger partial charge is 0.169 e. The van der Waals surface area contributed by atoms with Crippen molar-refractivity contribution in [2.45, 2.75) is 6.42 Å². The van der Waals surface area contributed by atoms with Gasteiger partial charge >= 0.3 is 0 Å². The Morgan fingerprint density at radius 2 is 2.06 bits per heavy atom. The quantitative estimate of drug-likeness (QED) is 0.699. The van der Waals surface area contributed by atoms with Crippen LogP contribution in [0.1, 0.15) is 15.9 Å². The lowest BCUT2D eigenvalue weighted by Crippen LogP contribution is -2.07. The molecule has 0 aliphatic rings. The van der Waals surface area contributed by atoms with Gasteiger partial charge in [0.25, 0.3) is 0 Å². The van der Waals surface area contributed by atoms with Gasteiger partial charge in [-0.15, -0.1) is 0 Å². The summed E-state index contributed by atoms with van der Waals surface area (Å²) in [5.74, 6) is 0.00278. The first kappa shape index (κ1) is 11.8. The van der Waals surface area contributed by atoms with Crippen LogP contribution in [0.4, 0.5) is 5.69 Å². The molecule has 0 spiro atoms. The average molecular weight is 291 g/mol. The number of nitrogens with zero attached hydrogens (tertiary/aromatic N) is 1. The molecule has 4 heteroatoms. The Morgan fingerprint density at radius 3 is 2.76 bits per heavy atom. The lowest BCUT2D eigenvalue weighted by Gasteiger charge is -2.04. The number of aromatic nitrogens is 1. The number of carbonyl (C=O) groups is 1. The SMILES string of the molecule is Nc1ccccc1C(=O)Cc1cncc(Br)c1. The fourth-order valence-corrected chi connectivity index (χ4v) is 2.00. The van der Waals surface area contributed by atoms with Gasteiger partial charge in [0.1, 0.15) is 0 Å². The molecular weight excluding hydrogens is 280 g/mol. The van der Waals surface area contributed by atoms with Crippen molar-refractivity contribution in [3.63, 3.8) is 0 Å². The number of rotatable bonds is 3. The third-order valence-electron chi connectivity index (χ3n) is 2.39. The maximum Gasteiger partial charge on any atom is 0.169 e. The summed E-state index contributed by atoms with van der Waals surface area (Å²) >= 11 is 3.32. The number of anilines is 1. The fraction of sp³-hybridized carbons (Fsp3) is 0.0769. The third kappa shape index (κ3) is 2.91. The molecule has 3 nitrogen and oxygen atoms in total. The third-order valence-corrected chi connectivity index (χ3v) is 2.82. The number of para-hydroxylation sites is 1. The Hall–Kier alpha value is -1.68. The van der Waals surface area contributed by atoms with Crippen LogP contribution in [0, 0.1) is 0 Å².